The molecule has 0 fully saturated rings. The number of rotatable bonds is 6. The van der Waals surface area contributed by atoms with Gasteiger partial charge >= 0.3 is 5.97 Å². The van der Waals surface area contributed by atoms with Crippen molar-refractivity contribution in [1.29, 1.82) is 0 Å². The van der Waals surface area contributed by atoms with Gasteiger partial charge in [-0.3, -0.25) is 4.79 Å². The van der Waals surface area contributed by atoms with E-state index in [0.29, 0.717) is 6.42 Å². The summed E-state index contributed by atoms with van der Waals surface area (Å²) in [5.41, 5.74) is 5.49. The van der Waals surface area contributed by atoms with Crippen molar-refractivity contribution in [2.45, 2.75) is 44.9 Å². The normalized spacial score (nSPS) is 16.5. The lowest BCUT2D eigenvalue weighted by Gasteiger charge is -2.19. The van der Waals surface area contributed by atoms with Crippen molar-refractivity contribution in [2.24, 2.45) is 5.73 Å². The summed E-state index contributed by atoms with van der Waals surface area (Å²) in [6.45, 7) is 3.17. The Morgan fingerprint density at radius 2 is 2.00 bits per heavy atom. The molecule has 0 rings (SSSR count). The van der Waals surface area contributed by atoms with Crippen molar-refractivity contribution in [3.05, 3.63) is 0 Å². The molecule has 0 saturated heterocycles. The van der Waals surface area contributed by atoms with Crippen molar-refractivity contribution in [3.63, 3.8) is 0 Å². The first-order chi connectivity index (χ1) is 6.90. The summed E-state index contributed by atoms with van der Waals surface area (Å²) in [6, 6.07) is -2.03. The van der Waals surface area contributed by atoms with Crippen molar-refractivity contribution in [2.75, 3.05) is 0 Å². The smallest absolute Gasteiger partial charge is 0.328 e. The highest BCUT2D eigenvalue weighted by molar-refractivity contribution is 5.87. The topological polar surface area (TPSA) is 113 Å². The Balaban J connectivity index is 4.29. The standard InChI is InChI=1S/C9H18N2O4/c1-3-4-6(10)8(13)11-7(5(2)12)9(14)15/h5-7,12H,3-4,10H2,1-2H3,(H,11,13)(H,14,15). The number of nitrogens with two attached hydrogens (primary N) is 1. The number of amides is 1. The Hall–Kier alpha value is -1.14. The third kappa shape index (κ3) is 4.75. The number of aliphatic hydroxyl groups excluding tert-OH is 1. The van der Waals surface area contributed by atoms with E-state index < -0.39 is 30.1 Å². The van der Waals surface area contributed by atoms with Gasteiger partial charge in [0.15, 0.2) is 6.04 Å². The first-order valence-corrected chi connectivity index (χ1v) is 4.87. The summed E-state index contributed by atoms with van der Waals surface area (Å²) in [5.74, 6) is -1.83. The predicted octanol–water partition coefficient (Wildman–Crippen LogP) is -0.936. The van der Waals surface area contributed by atoms with Gasteiger partial charge < -0.3 is 21.3 Å². The molecule has 3 atom stereocenters. The van der Waals surface area contributed by atoms with Crippen LogP contribution in [0.2, 0.25) is 0 Å². The average molecular weight is 218 g/mol. The molecule has 0 aromatic heterocycles. The van der Waals surface area contributed by atoms with Crippen LogP contribution < -0.4 is 11.1 Å². The van der Waals surface area contributed by atoms with Crippen molar-refractivity contribution in [1.82, 2.24) is 5.32 Å². The number of hydrogen-bond acceptors (Lipinski definition) is 4. The van der Waals surface area contributed by atoms with E-state index in [4.69, 9.17) is 15.9 Å². The molecule has 0 saturated carbocycles. The second-order valence-electron chi connectivity index (χ2n) is 3.46. The molecule has 0 heterocycles. The van der Waals surface area contributed by atoms with E-state index in [9.17, 15) is 9.59 Å². The highest BCUT2D eigenvalue weighted by Crippen LogP contribution is 1.97. The van der Waals surface area contributed by atoms with Gasteiger partial charge in [-0.1, -0.05) is 13.3 Å². The van der Waals surface area contributed by atoms with Gasteiger partial charge in [0, 0.05) is 0 Å². The lowest BCUT2D eigenvalue weighted by Crippen LogP contribution is -2.52. The van der Waals surface area contributed by atoms with Crippen LogP contribution in [0.4, 0.5) is 0 Å². The molecule has 0 aromatic rings. The maximum absolute atomic E-state index is 11.3. The summed E-state index contributed by atoms with van der Waals surface area (Å²) in [7, 11) is 0. The molecule has 5 N–H and O–H groups in total. The molecule has 1 amide bonds. The van der Waals surface area contributed by atoms with Crippen molar-refractivity contribution in [3.8, 4) is 0 Å². The number of aliphatic hydroxyl groups is 1. The number of aliphatic carboxylic acids is 1. The van der Waals surface area contributed by atoms with E-state index >= 15 is 0 Å². The van der Waals surface area contributed by atoms with Crippen molar-refractivity contribution >= 4 is 11.9 Å². The minimum absolute atomic E-state index is 0.484. The second kappa shape index (κ2) is 6.36. The Kier molecular flexibility index (Phi) is 5.88. The van der Waals surface area contributed by atoms with E-state index in [1.807, 2.05) is 6.92 Å². The van der Waals surface area contributed by atoms with Crippen molar-refractivity contribution < 1.29 is 19.8 Å². The number of nitrogens with one attached hydrogen (secondary N) is 1. The van der Waals surface area contributed by atoms with Crippen LogP contribution in [0.25, 0.3) is 0 Å². The molecule has 88 valence electrons. The Morgan fingerprint density at radius 3 is 2.33 bits per heavy atom. The van der Waals surface area contributed by atoms with Gasteiger partial charge in [-0.15, -0.1) is 0 Å². The molecule has 0 bridgehead atoms. The molecule has 0 radical (unpaired) electrons. The molecule has 0 aromatic carbocycles. The largest absolute Gasteiger partial charge is 0.480 e. The fourth-order valence-electron chi connectivity index (χ4n) is 1.09. The summed E-state index contributed by atoms with van der Waals surface area (Å²) in [5, 5.41) is 20.0. The van der Waals surface area contributed by atoms with Gasteiger partial charge in [-0.25, -0.2) is 4.79 Å². The number of carbonyl (C=O) groups excluding carboxylic acids is 1. The highest BCUT2D eigenvalue weighted by atomic mass is 16.4. The summed E-state index contributed by atoms with van der Waals surface area (Å²) in [4.78, 5) is 22.0. The Bertz CT molecular complexity index is 230. The first-order valence-electron chi connectivity index (χ1n) is 4.87. The second-order valence-corrected chi connectivity index (χ2v) is 3.46. The van der Waals surface area contributed by atoms with E-state index in [1.54, 1.807) is 0 Å². The third-order valence-corrected chi connectivity index (χ3v) is 1.98. The van der Waals surface area contributed by atoms with Crippen LogP contribution in [0.1, 0.15) is 26.7 Å². The Morgan fingerprint density at radius 1 is 1.47 bits per heavy atom. The number of hydrogen-bond donors (Lipinski definition) is 4. The maximum Gasteiger partial charge on any atom is 0.328 e. The lowest BCUT2D eigenvalue weighted by molar-refractivity contribution is -0.145. The van der Waals surface area contributed by atoms with Crippen LogP contribution >= 0.6 is 0 Å². The number of carboxylic acids is 1. The van der Waals surface area contributed by atoms with Gasteiger partial charge in [0.1, 0.15) is 0 Å². The minimum Gasteiger partial charge on any atom is -0.480 e. The SMILES string of the molecule is CCCC(N)C(=O)NC(C(=O)O)C(C)O. The van der Waals surface area contributed by atoms with Crippen LogP contribution in [-0.2, 0) is 9.59 Å². The molecule has 0 spiro atoms. The molecule has 15 heavy (non-hydrogen) atoms. The summed E-state index contributed by atoms with van der Waals surface area (Å²) < 4.78 is 0. The third-order valence-electron chi connectivity index (χ3n) is 1.98. The molecule has 0 aliphatic carbocycles. The van der Waals surface area contributed by atoms with Gasteiger partial charge in [0.2, 0.25) is 5.91 Å². The van der Waals surface area contributed by atoms with E-state index in [2.05, 4.69) is 5.32 Å². The molecule has 6 nitrogen and oxygen atoms in total. The zero-order chi connectivity index (χ0) is 12.0. The van der Waals surface area contributed by atoms with Crippen LogP contribution in [0.5, 0.6) is 0 Å². The average Bonchev–Trinajstić information content (AvgIpc) is 2.12. The fraction of sp³-hybridized carbons (Fsp3) is 0.778. The zero-order valence-electron chi connectivity index (χ0n) is 8.93. The maximum atomic E-state index is 11.3. The summed E-state index contributed by atoms with van der Waals surface area (Å²) in [6.07, 6.45) is 0.0687. The van der Waals surface area contributed by atoms with E-state index in [-0.39, 0.29) is 0 Å². The van der Waals surface area contributed by atoms with E-state index in [0.717, 1.165) is 6.42 Å². The van der Waals surface area contributed by atoms with Crippen LogP contribution in [0.3, 0.4) is 0 Å². The van der Waals surface area contributed by atoms with Crippen LogP contribution in [0, 0.1) is 0 Å². The van der Waals surface area contributed by atoms with Gasteiger partial charge in [0.25, 0.3) is 0 Å². The Labute approximate surface area is 88.5 Å². The molecule has 3 unspecified atom stereocenters. The zero-order valence-corrected chi connectivity index (χ0v) is 8.93. The van der Waals surface area contributed by atoms with Gasteiger partial charge in [-0.2, -0.15) is 0 Å². The summed E-state index contributed by atoms with van der Waals surface area (Å²) >= 11 is 0. The number of carboxylic acid groups (broad SMARTS) is 1. The van der Waals surface area contributed by atoms with Gasteiger partial charge in [-0.05, 0) is 13.3 Å². The van der Waals surface area contributed by atoms with Crippen LogP contribution in [0.15, 0.2) is 0 Å². The van der Waals surface area contributed by atoms with E-state index in [1.165, 1.54) is 6.92 Å². The molecular weight excluding hydrogens is 200 g/mol. The quantitative estimate of drug-likeness (QED) is 0.460. The number of carbonyl (C=O) groups is 2. The predicted molar refractivity (Wildman–Crippen MR) is 54.1 cm³/mol. The minimum atomic E-state index is -1.31. The molecule has 0 aliphatic heterocycles. The highest BCUT2D eigenvalue weighted by Gasteiger charge is 2.26. The fourth-order valence-corrected chi connectivity index (χ4v) is 1.09. The lowest BCUT2D eigenvalue weighted by atomic mass is 10.1. The van der Waals surface area contributed by atoms with Gasteiger partial charge in [0.05, 0.1) is 12.1 Å². The van der Waals surface area contributed by atoms with Crippen LogP contribution in [-0.4, -0.2) is 40.3 Å². The first kappa shape index (κ1) is 13.9. The molecular formula is C9H18N2O4. The molecule has 0 aliphatic rings. The molecule has 6 heteroatoms. The monoisotopic (exact) mass is 218 g/mol.